The lowest BCUT2D eigenvalue weighted by Crippen LogP contribution is -2.45. The van der Waals surface area contributed by atoms with Gasteiger partial charge in [0.05, 0.1) is 6.61 Å². The summed E-state index contributed by atoms with van der Waals surface area (Å²) < 4.78 is 5.45. The second-order valence-corrected chi connectivity index (χ2v) is 7.65. The van der Waals surface area contributed by atoms with Crippen LogP contribution in [0.15, 0.2) is 6.07 Å². The Morgan fingerprint density at radius 1 is 1.42 bits per heavy atom. The van der Waals surface area contributed by atoms with Crippen molar-refractivity contribution in [2.45, 2.75) is 45.6 Å². The lowest BCUT2D eigenvalue weighted by molar-refractivity contribution is 0.0898. The Labute approximate surface area is 144 Å². The summed E-state index contributed by atoms with van der Waals surface area (Å²) in [6.45, 7) is 9.39. The summed E-state index contributed by atoms with van der Waals surface area (Å²) in [4.78, 5) is 14.9. The summed E-state index contributed by atoms with van der Waals surface area (Å²) in [5.74, 6) is 1.19. The lowest BCUT2D eigenvalue weighted by atomic mass is 10.0. The number of nitrogens with zero attached hydrogens (tertiary/aromatic N) is 2. The van der Waals surface area contributed by atoms with Crippen molar-refractivity contribution in [1.29, 1.82) is 0 Å². The van der Waals surface area contributed by atoms with Gasteiger partial charge in [-0.2, -0.15) is 5.10 Å². The fraction of sp³-hybridized carbons (Fsp3) is 0.778. The van der Waals surface area contributed by atoms with E-state index >= 15 is 0 Å². The molecule has 3 rings (SSSR count). The summed E-state index contributed by atoms with van der Waals surface area (Å²) in [6.07, 6.45) is 4.14. The van der Waals surface area contributed by atoms with Crippen LogP contribution in [-0.4, -0.2) is 59.9 Å². The van der Waals surface area contributed by atoms with Crippen LogP contribution >= 0.6 is 0 Å². The Morgan fingerprint density at radius 2 is 2.21 bits per heavy atom. The van der Waals surface area contributed by atoms with E-state index in [1.54, 1.807) is 0 Å². The Kier molecular flexibility index (Phi) is 5.89. The third-order valence-electron chi connectivity index (χ3n) is 4.95. The van der Waals surface area contributed by atoms with Crippen LogP contribution in [0.2, 0.25) is 0 Å². The highest BCUT2D eigenvalue weighted by Crippen LogP contribution is 2.18. The maximum atomic E-state index is 12.3. The van der Waals surface area contributed by atoms with Crippen LogP contribution in [0.1, 0.15) is 49.3 Å². The molecule has 134 valence electrons. The topological polar surface area (TPSA) is 70.2 Å². The number of carbonyl (C=O) groups is 1. The van der Waals surface area contributed by atoms with E-state index in [0.29, 0.717) is 17.5 Å². The third kappa shape index (κ3) is 4.80. The number of hydrogen-bond acceptors (Lipinski definition) is 4. The maximum Gasteiger partial charge on any atom is 0.271 e. The Bertz CT molecular complexity index is 529. The molecule has 0 radical (unpaired) electrons. The first-order valence-electron chi connectivity index (χ1n) is 9.25. The monoisotopic (exact) mass is 334 g/mol. The highest BCUT2D eigenvalue weighted by molar-refractivity contribution is 5.92. The van der Waals surface area contributed by atoms with Crippen LogP contribution in [0.3, 0.4) is 0 Å². The van der Waals surface area contributed by atoms with Gasteiger partial charge in [0.2, 0.25) is 0 Å². The molecule has 2 saturated heterocycles. The molecule has 2 N–H and O–H groups in total. The highest BCUT2D eigenvalue weighted by Gasteiger charge is 2.25. The normalized spacial score (nSPS) is 23.0. The molecular formula is C18H30N4O2. The first-order valence-corrected chi connectivity index (χ1v) is 9.25. The minimum absolute atomic E-state index is 0.0519. The minimum Gasteiger partial charge on any atom is -0.381 e. The van der Waals surface area contributed by atoms with Gasteiger partial charge < -0.3 is 15.0 Å². The van der Waals surface area contributed by atoms with Crippen molar-refractivity contribution >= 4 is 5.91 Å². The van der Waals surface area contributed by atoms with Gasteiger partial charge in [0, 0.05) is 38.0 Å². The predicted molar refractivity (Wildman–Crippen MR) is 93.0 cm³/mol. The summed E-state index contributed by atoms with van der Waals surface area (Å²) in [5.41, 5.74) is 1.54. The first-order chi connectivity index (χ1) is 11.6. The average molecular weight is 334 g/mol. The molecular weight excluding hydrogens is 304 g/mol. The van der Waals surface area contributed by atoms with Crippen LogP contribution in [0.5, 0.6) is 0 Å². The quantitative estimate of drug-likeness (QED) is 0.833. The minimum atomic E-state index is -0.0519. The maximum absolute atomic E-state index is 12.3. The molecule has 1 atom stereocenters. The molecule has 1 unspecified atom stereocenters. The fourth-order valence-corrected chi connectivity index (χ4v) is 3.63. The molecule has 1 aromatic heterocycles. The second-order valence-electron chi connectivity index (χ2n) is 7.65. The number of ether oxygens (including phenoxy) is 1. The molecule has 0 saturated carbocycles. The van der Waals surface area contributed by atoms with Crippen molar-refractivity contribution in [3.05, 3.63) is 17.5 Å². The van der Waals surface area contributed by atoms with Crippen LogP contribution in [0.4, 0.5) is 0 Å². The van der Waals surface area contributed by atoms with Gasteiger partial charge in [0.25, 0.3) is 5.91 Å². The number of aromatic amines is 1. The van der Waals surface area contributed by atoms with E-state index in [2.05, 4.69) is 34.3 Å². The van der Waals surface area contributed by atoms with Gasteiger partial charge in [-0.15, -0.1) is 0 Å². The Hall–Kier alpha value is -1.40. The molecule has 1 amide bonds. The van der Waals surface area contributed by atoms with Crippen molar-refractivity contribution in [3.63, 3.8) is 0 Å². The van der Waals surface area contributed by atoms with E-state index in [1.165, 1.54) is 6.42 Å². The number of likely N-dealkylation sites (tertiary alicyclic amines) is 1. The first kappa shape index (κ1) is 17.4. The summed E-state index contributed by atoms with van der Waals surface area (Å²) >= 11 is 0. The Balaban J connectivity index is 1.42. The van der Waals surface area contributed by atoms with Gasteiger partial charge in [-0.25, -0.2) is 0 Å². The zero-order valence-electron chi connectivity index (χ0n) is 14.9. The van der Waals surface area contributed by atoms with Crippen molar-refractivity contribution in [3.8, 4) is 0 Å². The van der Waals surface area contributed by atoms with Gasteiger partial charge in [-0.05, 0) is 43.6 Å². The second kappa shape index (κ2) is 8.12. The molecule has 1 aromatic rings. The van der Waals surface area contributed by atoms with E-state index in [0.717, 1.165) is 57.8 Å². The molecule has 24 heavy (non-hydrogen) atoms. The van der Waals surface area contributed by atoms with Crippen molar-refractivity contribution in [1.82, 2.24) is 20.4 Å². The average Bonchev–Trinajstić information content (AvgIpc) is 3.20. The van der Waals surface area contributed by atoms with E-state index < -0.39 is 0 Å². The van der Waals surface area contributed by atoms with Gasteiger partial charge in [-0.1, -0.05) is 13.8 Å². The molecule has 2 fully saturated rings. The van der Waals surface area contributed by atoms with Crippen molar-refractivity contribution in [2.24, 2.45) is 11.8 Å². The molecule has 0 spiro atoms. The summed E-state index contributed by atoms with van der Waals surface area (Å²) in [6, 6.07) is 2.14. The van der Waals surface area contributed by atoms with Gasteiger partial charge in [0.1, 0.15) is 5.69 Å². The molecule has 0 aliphatic carbocycles. The number of aromatic nitrogens is 2. The third-order valence-corrected chi connectivity index (χ3v) is 4.95. The molecule has 0 bridgehead atoms. The molecule has 2 aliphatic heterocycles. The number of H-pyrrole nitrogens is 1. The van der Waals surface area contributed by atoms with E-state index in [4.69, 9.17) is 4.74 Å². The molecule has 6 heteroatoms. The summed E-state index contributed by atoms with van der Waals surface area (Å²) in [5, 5.41) is 10.3. The van der Waals surface area contributed by atoms with Crippen LogP contribution < -0.4 is 5.32 Å². The van der Waals surface area contributed by atoms with E-state index in [1.807, 2.05) is 6.07 Å². The van der Waals surface area contributed by atoms with Crippen molar-refractivity contribution < 1.29 is 9.53 Å². The van der Waals surface area contributed by atoms with Crippen molar-refractivity contribution in [2.75, 3.05) is 32.8 Å². The summed E-state index contributed by atoms with van der Waals surface area (Å²) in [7, 11) is 0. The van der Waals surface area contributed by atoms with E-state index in [9.17, 15) is 4.79 Å². The number of piperidine rings is 1. The zero-order valence-corrected chi connectivity index (χ0v) is 14.9. The van der Waals surface area contributed by atoms with Gasteiger partial charge in [-0.3, -0.25) is 9.89 Å². The number of hydrogen-bond donors (Lipinski definition) is 2. The smallest absolute Gasteiger partial charge is 0.271 e. The number of rotatable bonds is 6. The van der Waals surface area contributed by atoms with E-state index in [-0.39, 0.29) is 11.9 Å². The van der Waals surface area contributed by atoms with Crippen LogP contribution in [-0.2, 0) is 11.2 Å². The lowest BCUT2D eigenvalue weighted by Gasteiger charge is -2.33. The SMILES string of the molecule is CC(C)Cc1cc(C(=O)NC2CCN(CC3CCOC3)CC2)n[nH]1. The molecule has 6 nitrogen and oxygen atoms in total. The number of amides is 1. The van der Waals surface area contributed by atoms with Crippen LogP contribution in [0, 0.1) is 11.8 Å². The molecule has 3 heterocycles. The number of nitrogens with one attached hydrogen (secondary N) is 2. The van der Waals surface area contributed by atoms with Crippen LogP contribution in [0.25, 0.3) is 0 Å². The van der Waals surface area contributed by atoms with Gasteiger partial charge in [0.15, 0.2) is 0 Å². The zero-order chi connectivity index (χ0) is 16.9. The predicted octanol–water partition coefficient (Wildman–Crippen LogP) is 1.84. The van der Waals surface area contributed by atoms with Gasteiger partial charge >= 0.3 is 0 Å². The largest absolute Gasteiger partial charge is 0.381 e. The fourth-order valence-electron chi connectivity index (χ4n) is 3.63. The standard InChI is InChI=1S/C18H30N4O2/c1-13(2)9-16-10-17(21-20-16)18(23)19-15-3-6-22(7-4-15)11-14-5-8-24-12-14/h10,13-15H,3-9,11-12H2,1-2H3,(H,19,23)(H,20,21). The Morgan fingerprint density at radius 3 is 2.88 bits per heavy atom. The highest BCUT2D eigenvalue weighted by atomic mass is 16.5. The molecule has 0 aromatic carbocycles. The molecule has 2 aliphatic rings. The number of carbonyl (C=O) groups excluding carboxylic acids is 1.